The molecule has 3 rings (SSSR count). The number of benzene rings is 1. The van der Waals surface area contributed by atoms with E-state index in [1.807, 2.05) is 0 Å². The van der Waals surface area contributed by atoms with Gasteiger partial charge in [0.25, 0.3) is 5.91 Å². The molecule has 1 fully saturated rings. The molecule has 1 saturated heterocycles. The summed E-state index contributed by atoms with van der Waals surface area (Å²) in [7, 11) is 0. The first-order valence-electron chi connectivity index (χ1n) is 8.20. The molecule has 2 heterocycles. The Bertz CT molecular complexity index is 717. The highest BCUT2D eigenvalue weighted by atomic mass is 35.5. The fourth-order valence-corrected chi connectivity index (χ4v) is 2.86. The fraction of sp³-hybridized carbons (Fsp3) is 0.438. The van der Waals surface area contributed by atoms with E-state index in [9.17, 15) is 18.0 Å². The Balaban J connectivity index is 0.00000261. The Hall–Kier alpha value is -2.17. The van der Waals surface area contributed by atoms with Crippen molar-refractivity contribution in [3.8, 4) is 5.69 Å². The van der Waals surface area contributed by atoms with Gasteiger partial charge in [0, 0.05) is 44.0 Å². The van der Waals surface area contributed by atoms with Gasteiger partial charge in [0.05, 0.1) is 0 Å². The molecule has 1 aliphatic rings. The minimum atomic E-state index is -4.40. The lowest BCUT2D eigenvalue weighted by Gasteiger charge is -2.35. The van der Waals surface area contributed by atoms with Crippen molar-refractivity contribution < 1.29 is 18.0 Å². The normalized spacial score (nSPS) is 16.4. The van der Waals surface area contributed by atoms with E-state index in [0.717, 1.165) is 5.69 Å². The Kier molecular flexibility index (Phi) is 7.17. The highest BCUT2D eigenvalue weighted by Gasteiger charge is 2.43. The predicted molar refractivity (Wildman–Crippen MR) is 95.2 cm³/mol. The van der Waals surface area contributed by atoms with Gasteiger partial charge in [0.2, 0.25) is 0 Å². The van der Waals surface area contributed by atoms with Crippen molar-refractivity contribution in [2.45, 2.75) is 12.2 Å². The minimum Gasteiger partial charge on any atom is -0.350 e. The molecule has 0 spiro atoms. The standard InChI is InChI=1S/C16H19F3N6O.ClH/c17-16(18,19)14(24-7-5-20-6-8-24)9-21-15(26)12-1-3-13(4-2-12)25-10-22-23-11-25;/h1-4,10-11,14,20H,5-9H2,(H,21,26);1H. The average Bonchev–Trinajstić information content (AvgIpc) is 3.16. The van der Waals surface area contributed by atoms with Crippen LogP contribution in [0.4, 0.5) is 13.2 Å². The van der Waals surface area contributed by atoms with Gasteiger partial charge in [0.15, 0.2) is 0 Å². The molecule has 11 heteroatoms. The highest BCUT2D eigenvalue weighted by Crippen LogP contribution is 2.24. The zero-order valence-electron chi connectivity index (χ0n) is 14.3. The van der Waals surface area contributed by atoms with Crippen molar-refractivity contribution in [3.63, 3.8) is 0 Å². The number of rotatable bonds is 5. The van der Waals surface area contributed by atoms with Gasteiger partial charge in [-0.2, -0.15) is 13.2 Å². The second-order valence-corrected chi connectivity index (χ2v) is 5.97. The maximum Gasteiger partial charge on any atom is 0.405 e. The molecule has 148 valence electrons. The van der Waals surface area contributed by atoms with Crippen LogP contribution in [0.25, 0.3) is 5.69 Å². The molecule has 1 aromatic heterocycles. The summed E-state index contributed by atoms with van der Waals surface area (Å²) in [6, 6.07) is 4.77. The van der Waals surface area contributed by atoms with Crippen LogP contribution in [0.3, 0.4) is 0 Å². The molecular weight excluding hydrogens is 385 g/mol. The van der Waals surface area contributed by atoms with Crippen LogP contribution in [0.15, 0.2) is 36.9 Å². The molecule has 1 unspecified atom stereocenters. The Labute approximate surface area is 160 Å². The van der Waals surface area contributed by atoms with E-state index < -0.39 is 24.7 Å². The number of nitrogens with one attached hydrogen (secondary N) is 2. The average molecular weight is 405 g/mol. The van der Waals surface area contributed by atoms with Gasteiger partial charge in [-0.3, -0.25) is 14.3 Å². The maximum absolute atomic E-state index is 13.3. The SMILES string of the molecule is Cl.O=C(NCC(N1CCNCC1)C(F)(F)F)c1ccc(-n2cnnc2)cc1. The number of carbonyl (C=O) groups is 1. The largest absolute Gasteiger partial charge is 0.405 e. The summed E-state index contributed by atoms with van der Waals surface area (Å²) in [4.78, 5) is 13.6. The number of hydrogen-bond donors (Lipinski definition) is 2. The molecule has 0 aliphatic carbocycles. The Morgan fingerprint density at radius 3 is 2.30 bits per heavy atom. The van der Waals surface area contributed by atoms with Crippen LogP contribution in [0.1, 0.15) is 10.4 Å². The summed E-state index contributed by atoms with van der Waals surface area (Å²) in [6.07, 6.45) is -1.38. The van der Waals surface area contributed by atoms with Gasteiger partial charge in [-0.25, -0.2) is 0 Å². The zero-order valence-corrected chi connectivity index (χ0v) is 15.1. The third-order valence-electron chi connectivity index (χ3n) is 4.27. The first kappa shape index (κ1) is 21.1. The van der Waals surface area contributed by atoms with E-state index in [1.54, 1.807) is 28.8 Å². The number of halogens is 4. The van der Waals surface area contributed by atoms with Crippen molar-refractivity contribution in [2.24, 2.45) is 0 Å². The van der Waals surface area contributed by atoms with Gasteiger partial charge in [-0.15, -0.1) is 22.6 Å². The summed E-state index contributed by atoms with van der Waals surface area (Å²) in [6.45, 7) is 1.13. The van der Waals surface area contributed by atoms with Crippen LogP contribution in [0.5, 0.6) is 0 Å². The van der Waals surface area contributed by atoms with Gasteiger partial charge < -0.3 is 10.6 Å². The third kappa shape index (κ3) is 5.41. The number of aromatic nitrogens is 3. The minimum absolute atomic E-state index is 0. The van der Waals surface area contributed by atoms with Gasteiger partial charge >= 0.3 is 6.18 Å². The van der Waals surface area contributed by atoms with Crippen molar-refractivity contribution in [1.82, 2.24) is 30.3 Å². The summed E-state index contributed by atoms with van der Waals surface area (Å²) in [5.41, 5.74) is 1.04. The topological polar surface area (TPSA) is 75.1 Å². The molecule has 0 bridgehead atoms. The molecule has 2 N–H and O–H groups in total. The lowest BCUT2D eigenvalue weighted by molar-refractivity contribution is -0.183. The van der Waals surface area contributed by atoms with E-state index in [1.165, 1.54) is 17.6 Å². The van der Waals surface area contributed by atoms with Crippen LogP contribution in [-0.4, -0.2) is 70.5 Å². The first-order valence-corrected chi connectivity index (χ1v) is 8.20. The van der Waals surface area contributed by atoms with E-state index >= 15 is 0 Å². The van der Waals surface area contributed by atoms with Crippen molar-refractivity contribution >= 4 is 18.3 Å². The van der Waals surface area contributed by atoms with Crippen molar-refractivity contribution in [1.29, 1.82) is 0 Å². The number of carbonyl (C=O) groups excluding carboxylic acids is 1. The summed E-state index contributed by atoms with van der Waals surface area (Å²) in [5, 5.41) is 12.8. The molecule has 1 aliphatic heterocycles. The van der Waals surface area contributed by atoms with Crippen molar-refractivity contribution in [3.05, 3.63) is 42.5 Å². The molecule has 27 heavy (non-hydrogen) atoms. The van der Waals surface area contributed by atoms with Gasteiger partial charge in [-0.1, -0.05) is 0 Å². The fourth-order valence-electron chi connectivity index (χ4n) is 2.86. The predicted octanol–water partition coefficient (Wildman–Crippen LogP) is 1.25. The molecule has 7 nitrogen and oxygen atoms in total. The lowest BCUT2D eigenvalue weighted by atomic mass is 10.1. The summed E-state index contributed by atoms with van der Waals surface area (Å²) >= 11 is 0. The molecular formula is C16H20ClF3N6O. The number of alkyl halides is 3. The number of hydrogen-bond acceptors (Lipinski definition) is 5. The Morgan fingerprint density at radius 1 is 1.15 bits per heavy atom. The van der Waals surface area contributed by atoms with Gasteiger partial charge in [-0.05, 0) is 24.3 Å². The highest BCUT2D eigenvalue weighted by molar-refractivity contribution is 5.94. The second kappa shape index (κ2) is 9.16. The number of piperazine rings is 1. The molecule has 2 aromatic rings. The van der Waals surface area contributed by atoms with Crippen LogP contribution in [0.2, 0.25) is 0 Å². The Morgan fingerprint density at radius 2 is 1.74 bits per heavy atom. The molecule has 1 atom stereocenters. The van der Waals surface area contributed by atoms with Crippen LogP contribution >= 0.6 is 12.4 Å². The van der Waals surface area contributed by atoms with E-state index in [2.05, 4.69) is 20.8 Å². The molecule has 1 aromatic carbocycles. The van der Waals surface area contributed by atoms with Crippen LogP contribution in [-0.2, 0) is 0 Å². The first-order chi connectivity index (χ1) is 12.4. The van der Waals surface area contributed by atoms with Gasteiger partial charge in [0.1, 0.15) is 18.7 Å². The smallest absolute Gasteiger partial charge is 0.350 e. The quantitative estimate of drug-likeness (QED) is 0.784. The third-order valence-corrected chi connectivity index (χ3v) is 4.27. The van der Waals surface area contributed by atoms with E-state index in [-0.39, 0.29) is 12.4 Å². The monoisotopic (exact) mass is 404 g/mol. The van der Waals surface area contributed by atoms with Crippen molar-refractivity contribution in [2.75, 3.05) is 32.7 Å². The number of nitrogens with zero attached hydrogens (tertiary/aromatic N) is 4. The van der Waals surface area contributed by atoms with Crippen LogP contribution < -0.4 is 10.6 Å². The van der Waals surface area contributed by atoms with Crippen LogP contribution in [0, 0.1) is 0 Å². The molecule has 1 amide bonds. The van der Waals surface area contributed by atoms with E-state index in [0.29, 0.717) is 31.7 Å². The summed E-state index contributed by atoms with van der Waals surface area (Å²) in [5.74, 6) is -0.537. The zero-order chi connectivity index (χ0) is 18.6. The lowest BCUT2D eigenvalue weighted by Crippen LogP contribution is -2.57. The molecule has 0 saturated carbocycles. The number of amides is 1. The summed E-state index contributed by atoms with van der Waals surface area (Å²) < 4.78 is 41.7. The molecule has 0 radical (unpaired) electrons. The maximum atomic E-state index is 13.3. The van der Waals surface area contributed by atoms with E-state index in [4.69, 9.17) is 0 Å². The second-order valence-electron chi connectivity index (χ2n) is 5.97.